The van der Waals surface area contributed by atoms with Crippen LogP contribution in [0.1, 0.15) is 5.56 Å². The Morgan fingerprint density at radius 2 is 1.87 bits per heavy atom. The molecule has 0 N–H and O–H groups in total. The summed E-state index contributed by atoms with van der Waals surface area (Å²) in [5, 5.41) is 1.22. The fraction of sp³-hybridized carbons (Fsp3) is 0.500. The summed E-state index contributed by atoms with van der Waals surface area (Å²) in [6.07, 6.45) is 3.11. The van der Waals surface area contributed by atoms with Gasteiger partial charge in [-0.2, -0.15) is 0 Å². The number of hydrogen-bond donors (Lipinski definition) is 0. The summed E-state index contributed by atoms with van der Waals surface area (Å²) >= 11 is 0. The maximum Gasteiger partial charge on any atom is 0.333 e. The van der Waals surface area contributed by atoms with Gasteiger partial charge in [0.25, 0.3) is 0 Å². The molecule has 23 heavy (non-hydrogen) atoms. The van der Waals surface area contributed by atoms with E-state index in [0.717, 1.165) is 24.2 Å². The fourth-order valence-electron chi connectivity index (χ4n) is 2.41. The highest BCUT2D eigenvalue weighted by molar-refractivity contribution is 7.41. The lowest BCUT2D eigenvalue weighted by atomic mass is 10.1. The molecule has 0 aliphatic heterocycles. The summed E-state index contributed by atoms with van der Waals surface area (Å²) in [6, 6.07) is 6.12. The van der Waals surface area contributed by atoms with Crippen LogP contribution in [0.25, 0.3) is 10.9 Å². The molecule has 128 valence electrons. The molecule has 0 aliphatic rings. The van der Waals surface area contributed by atoms with Crippen molar-refractivity contribution in [3.8, 4) is 5.75 Å². The predicted molar refractivity (Wildman–Crippen MR) is 92.8 cm³/mol. The molecule has 7 heteroatoms. The third kappa shape index (κ3) is 4.66. The van der Waals surface area contributed by atoms with E-state index >= 15 is 0 Å². The van der Waals surface area contributed by atoms with E-state index in [1.165, 1.54) is 10.9 Å². The molecule has 2 aromatic rings. The molecule has 0 unspecified atom stereocenters. The van der Waals surface area contributed by atoms with Gasteiger partial charge in [-0.1, -0.05) is 0 Å². The molecule has 0 bridgehead atoms. The molecule has 0 atom stereocenters. The van der Waals surface area contributed by atoms with Crippen LogP contribution in [0, 0.1) is 0 Å². The number of aromatic nitrogens is 1. The average molecular weight is 340 g/mol. The minimum atomic E-state index is -1.32. The lowest BCUT2D eigenvalue weighted by Crippen LogP contribution is -2.14. The van der Waals surface area contributed by atoms with Gasteiger partial charge in [0.15, 0.2) is 0 Å². The molecule has 0 amide bonds. The van der Waals surface area contributed by atoms with Crippen LogP contribution in [0.3, 0.4) is 0 Å². The molecule has 1 heterocycles. The van der Waals surface area contributed by atoms with E-state index in [4.69, 9.17) is 18.3 Å². The van der Waals surface area contributed by atoms with Gasteiger partial charge >= 0.3 is 8.60 Å². The first-order chi connectivity index (χ1) is 11.1. The van der Waals surface area contributed by atoms with Crippen molar-refractivity contribution in [1.82, 2.24) is 9.47 Å². The summed E-state index contributed by atoms with van der Waals surface area (Å²) < 4.78 is 23.4. The zero-order chi connectivity index (χ0) is 16.8. The topological polar surface area (TPSA) is 45.1 Å². The Morgan fingerprint density at radius 3 is 2.48 bits per heavy atom. The molecule has 6 nitrogen and oxygen atoms in total. The molecule has 1 aromatic heterocycles. The van der Waals surface area contributed by atoms with Gasteiger partial charge < -0.3 is 23.3 Å². The second-order valence-electron chi connectivity index (χ2n) is 5.41. The van der Waals surface area contributed by atoms with Crippen LogP contribution in [0.4, 0.5) is 0 Å². The van der Waals surface area contributed by atoms with E-state index in [1.807, 2.05) is 12.1 Å². The van der Waals surface area contributed by atoms with E-state index in [-0.39, 0.29) is 0 Å². The summed E-state index contributed by atoms with van der Waals surface area (Å²) in [7, 11) is 7.67. The number of rotatable bonds is 9. The Morgan fingerprint density at radius 1 is 1.13 bits per heavy atom. The number of nitrogens with zero attached hydrogens (tertiary/aromatic N) is 2. The van der Waals surface area contributed by atoms with Crippen LogP contribution in [0.2, 0.25) is 0 Å². The largest absolute Gasteiger partial charge is 0.497 e. The molecule has 0 aliphatic carbocycles. The summed E-state index contributed by atoms with van der Waals surface area (Å²) in [5.74, 6) is 0.830. The van der Waals surface area contributed by atoms with Gasteiger partial charge in [0.1, 0.15) is 12.5 Å². The van der Waals surface area contributed by atoms with Crippen LogP contribution < -0.4 is 4.74 Å². The van der Waals surface area contributed by atoms with Crippen LogP contribution in [0.15, 0.2) is 24.4 Å². The smallest absolute Gasteiger partial charge is 0.333 e. The molecular formula is C16H25N2O4P. The van der Waals surface area contributed by atoms with Gasteiger partial charge in [-0.25, -0.2) is 0 Å². The number of ether oxygens (including phenoxy) is 1. The fourth-order valence-corrected chi connectivity index (χ4v) is 2.99. The molecular weight excluding hydrogens is 315 g/mol. The Kier molecular flexibility index (Phi) is 6.81. The minimum absolute atomic E-state index is 0.374. The Labute approximate surface area is 138 Å². The number of likely N-dealkylation sites (N-methyl/N-ethyl adjacent to an activating group) is 1. The third-order valence-electron chi connectivity index (χ3n) is 3.60. The first-order valence-electron chi connectivity index (χ1n) is 7.40. The predicted octanol–water partition coefficient (Wildman–Crippen LogP) is 3.25. The highest BCUT2D eigenvalue weighted by Gasteiger charge is 2.13. The van der Waals surface area contributed by atoms with Crippen LogP contribution in [-0.4, -0.2) is 51.4 Å². The number of benzene rings is 1. The second-order valence-corrected chi connectivity index (χ2v) is 6.84. The van der Waals surface area contributed by atoms with Crippen molar-refractivity contribution in [1.29, 1.82) is 0 Å². The van der Waals surface area contributed by atoms with Crippen molar-refractivity contribution < 1.29 is 18.3 Å². The second kappa shape index (κ2) is 8.62. The van der Waals surface area contributed by atoms with Crippen LogP contribution >= 0.6 is 8.60 Å². The lowest BCUT2D eigenvalue weighted by Gasteiger charge is -2.13. The van der Waals surface area contributed by atoms with E-state index in [9.17, 15) is 0 Å². The Bertz CT molecular complexity index is 626. The minimum Gasteiger partial charge on any atom is -0.497 e. The van der Waals surface area contributed by atoms with E-state index in [2.05, 4.69) is 35.8 Å². The number of methoxy groups -OCH3 is 1. The highest BCUT2D eigenvalue weighted by Crippen LogP contribution is 2.38. The van der Waals surface area contributed by atoms with Crippen molar-refractivity contribution in [3.05, 3.63) is 30.0 Å². The van der Waals surface area contributed by atoms with E-state index in [1.54, 1.807) is 21.3 Å². The molecule has 2 rings (SSSR count). The molecule has 0 fully saturated rings. The first kappa shape index (κ1) is 18.2. The zero-order valence-electron chi connectivity index (χ0n) is 14.4. The third-order valence-corrected chi connectivity index (χ3v) is 4.52. The molecule has 0 saturated heterocycles. The van der Waals surface area contributed by atoms with Crippen molar-refractivity contribution in [2.24, 2.45) is 0 Å². The molecule has 0 radical (unpaired) electrons. The Balaban J connectivity index is 2.29. The van der Waals surface area contributed by atoms with Gasteiger partial charge in [0, 0.05) is 38.4 Å². The average Bonchev–Trinajstić information content (AvgIpc) is 2.91. The van der Waals surface area contributed by atoms with E-state index in [0.29, 0.717) is 6.73 Å². The monoisotopic (exact) mass is 340 g/mol. The number of hydrogen-bond acceptors (Lipinski definition) is 5. The Hall–Kier alpha value is -1.17. The quantitative estimate of drug-likeness (QED) is 0.656. The number of fused-ring (bicyclic) bond motifs is 1. The standard InChI is InChI=1S/C16H25N2O4P/c1-17(2)9-8-13-11-18(12-22-23(20-4)21-5)16-10-14(19-3)6-7-15(13)16/h6-7,10-11H,8-9,12H2,1-5H3. The van der Waals surface area contributed by atoms with E-state index < -0.39 is 8.60 Å². The maximum atomic E-state index is 5.68. The SMILES string of the molecule is COc1ccc2c(CCN(C)C)cn(COP(OC)OC)c2c1. The van der Waals surface area contributed by atoms with Gasteiger partial charge in [-0.05, 0) is 38.2 Å². The van der Waals surface area contributed by atoms with Crippen molar-refractivity contribution in [3.63, 3.8) is 0 Å². The molecule has 0 saturated carbocycles. The van der Waals surface area contributed by atoms with Gasteiger partial charge in [0.2, 0.25) is 0 Å². The van der Waals surface area contributed by atoms with Crippen molar-refractivity contribution >= 4 is 19.5 Å². The first-order valence-corrected chi connectivity index (χ1v) is 8.50. The molecule has 0 spiro atoms. The van der Waals surface area contributed by atoms with Gasteiger partial charge in [-0.15, -0.1) is 0 Å². The zero-order valence-corrected chi connectivity index (χ0v) is 15.3. The van der Waals surface area contributed by atoms with Gasteiger partial charge in [-0.3, -0.25) is 4.52 Å². The summed E-state index contributed by atoms with van der Waals surface area (Å²) in [4.78, 5) is 2.18. The summed E-state index contributed by atoms with van der Waals surface area (Å²) in [6.45, 7) is 1.37. The van der Waals surface area contributed by atoms with Crippen molar-refractivity contribution in [2.45, 2.75) is 13.2 Å². The summed E-state index contributed by atoms with van der Waals surface area (Å²) in [5.41, 5.74) is 2.37. The highest BCUT2D eigenvalue weighted by atomic mass is 31.2. The lowest BCUT2D eigenvalue weighted by molar-refractivity contribution is 0.167. The molecule has 1 aromatic carbocycles. The maximum absolute atomic E-state index is 5.68. The normalized spacial score (nSPS) is 11.8. The van der Waals surface area contributed by atoms with Crippen LogP contribution in [-0.2, 0) is 26.7 Å². The van der Waals surface area contributed by atoms with Gasteiger partial charge in [0.05, 0.1) is 12.6 Å². The van der Waals surface area contributed by atoms with Crippen molar-refractivity contribution in [2.75, 3.05) is 42.0 Å². The van der Waals surface area contributed by atoms with Crippen LogP contribution in [0.5, 0.6) is 5.75 Å².